The van der Waals surface area contributed by atoms with Crippen molar-refractivity contribution in [2.24, 2.45) is 11.7 Å². The number of nitrogens with two attached hydrogens (primary N) is 1. The molecule has 3 N–H and O–H groups in total. The molecular formula is C25H32FN5O3. The SMILES string of the molecule is Cc1noc(C(c2nc3c(F)cc(N4CCOCC4)cc3[nH]2)C2CCCCCCC2)c1C(N)=O. The summed E-state index contributed by atoms with van der Waals surface area (Å²) in [5, 5.41) is 4.06. The number of nitrogens with one attached hydrogen (secondary N) is 1. The number of benzene rings is 1. The monoisotopic (exact) mass is 469 g/mol. The van der Waals surface area contributed by atoms with Gasteiger partial charge in [-0.2, -0.15) is 0 Å². The van der Waals surface area contributed by atoms with Crippen LogP contribution in [0.2, 0.25) is 0 Å². The van der Waals surface area contributed by atoms with Crippen LogP contribution in [0.3, 0.4) is 0 Å². The van der Waals surface area contributed by atoms with E-state index in [0.717, 1.165) is 44.5 Å². The molecule has 0 radical (unpaired) electrons. The number of aryl methyl sites for hydroxylation is 1. The topological polar surface area (TPSA) is 110 Å². The Bertz CT molecular complexity index is 1160. The van der Waals surface area contributed by atoms with Gasteiger partial charge >= 0.3 is 0 Å². The van der Waals surface area contributed by atoms with Crippen LogP contribution in [0.5, 0.6) is 0 Å². The van der Waals surface area contributed by atoms with Crippen LogP contribution in [-0.4, -0.2) is 47.3 Å². The van der Waals surface area contributed by atoms with Gasteiger partial charge in [0.2, 0.25) is 0 Å². The number of ether oxygens (including phenoxy) is 1. The molecule has 1 aromatic carbocycles. The van der Waals surface area contributed by atoms with Crippen LogP contribution in [0.4, 0.5) is 10.1 Å². The van der Waals surface area contributed by atoms with Gasteiger partial charge in [0.15, 0.2) is 11.6 Å². The number of anilines is 1. The van der Waals surface area contributed by atoms with Crippen molar-refractivity contribution in [2.45, 2.75) is 57.8 Å². The molecule has 5 rings (SSSR count). The first-order valence-corrected chi connectivity index (χ1v) is 12.3. The highest BCUT2D eigenvalue weighted by molar-refractivity contribution is 5.95. The summed E-state index contributed by atoms with van der Waals surface area (Å²) < 4.78 is 26.4. The van der Waals surface area contributed by atoms with E-state index in [1.54, 1.807) is 6.92 Å². The van der Waals surface area contributed by atoms with E-state index < -0.39 is 5.91 Å². The molecule has 1 atom stereocenters. The molecule has 2 aliphatic rings. The van der Waals surface area contributed by atoms with Gasteiger partial charge in [-0.15, -0.1) is 0 Å². The molecule has 3 aromatic rings. The molecule has 1 aliphatic heterocycles. The van der Waals surface area contributed by atoms with Gasteiger partial charge in [-0.3, -0.25) is 4.79 Å². The Morgan fingerprint density at radius 3 is 2.59 bits per heavy atom. The molecule has 1 saturated carbocycles. The van der Waals surface area contributed by atoms with Crippen LogP contribution in [0.15, 0.2) is 16.7 Å². The summed E-state index contributed by atoms with van der Waals surface area (Å²) in [5.41, 5.74) is 8.22. The van der Waals surface area contributed by atoms with Crippen molar-refractivity contribution in [3.8, 4) is 0 Å². The number of hydrogen-bond acceptors (Lipinski definition) is 6. The highest BCUT2D eigenvalue weighted by Gasteiger charge is 2.35. The summed E-state index contributed by atoms with van der Waals surface area (Å²) >= 11 is 0. The minimum atomic E-state index is -0.568. The largest absolute Gasteiger partial charge is 0.378 e. The summed E-state index contributed by atoms with van der Waals surface area (Å²) in [6.45, 7) is 4.40. The normalized spacial score (nSPS) is 19.2. The lowest BCUT2D eigenvalue weighted by molar-refractivity contribution is 0.0996. The number of aromatic nitrogens is 3. The minimum absolute atomic E-state index is 0.188. The number of imidazole rings is 1. The van der Waals surface area contributed by atoms with Crippen LogP contribution in [0, 0.1) is 18.7 Å². The molecule has 1 aliphatic carbocycles. The standard InChI is InChI=1S/C25H32FN5O3/c1-15-20(24(27)32)23(34-30-15)21(16-7-5-3-2-4-6-8-16)25-28-19-14-17(13-18(26)22(19)29-25)31-9-11-33-12-10-31/h13-14,16,21H,2-12H2,1H3,(H2,27,32)(H,28,29). The van der Waals surface area contributed by atoms with Gasteiger partial charge in [0, 0.05) is 18.8 Å². The molecule has 2 fully saturated rings. The summed E-state index contributed by atoms with van der Waals surface area (Å²) in [4.78, 5) is 22.5. The number of amides is 1. The zero-order valence-corrected chi connectivity index (χ0v) is 19.6. The molecule has 3 heterocycles. The molecule has 34 heavy (non-hydrogen) atoms. The van der Waals surface area contributed by atoms with E-state index in [2.05, 4.69) is 15.0 Å². The highest BCUT2D eigenvalue weighted by Crippen LogP contribution is 2.41. The Morgan fingerprint density at radius 2 is 1.88 bits per heavy atom. The zero-order chi connectivity index (χ0) is 23.7. The van der Waals surface area contributed by atoms with Gasteiger partial charge in [-0.1, -0.05) is 37.3 Å². The molecule has 1 amide bonds. The number of carbonyl (C=O) groups excluding carboxylic acids is 1. The van der Waals surface area contributed by atoms with E-state index in [-0.39, 0.29) is 17.7 Å². The summed E-state index contributed by atoms with van der Waals surface area (Å²) in [6, 6.07) is 3.48. The van der Waals surface area contributed by atoms with Gasteiger partial charge in [0.1, 0.15) is 16.9 Å². The van der Waals surface area contributed by atoms with Crippen molar-refractivity contribution in [1.29, 1.82) is 0 Å². The third kappa shape index (κ3) is 4.41. The number of primary amides is 1. The number of halogens is 1. The lowest BCUT2D eigenvalue weighted by Crippen LogP contribution is -2.36. The number of fused-ring (bicyclic) bond motifs is 1. The molecule has 8 nitrogen and oxygen atoms in total. The average molecular weight is 470 g/mol. The maximum absolute atomic E-state index is 15.2. The number of nitrogens with zero attached hydrogens (tertiary/aromatic N) is 3. The Morgan fingerprint density at radius 1 is 1.18 bits per heavy atom. The maximum atomic E-state index is 15.2. The van der Waals surface area contributed by atoms with E-state index in [9.17, 15) is 4.79 Å². The fraction of sp³-hybridized carbons (Fsp3) is 0.560. The number of H-pyrrole nitrogens is 1. The first-order valence-electron chi connectivity index (χ1n) is 12.3. The van der Waals surface area contributed by atoms with Crippen LogP contribution in [0.1, 0.15) is 78.5 Å². The van der Waals surface area contributed by atoms with E-state index in [1.807, 2.05) is 6.07 Å². The smallest absolute Gasteiger partial charge is 0.254 e. The second-order valence-corrected chi connectivity index (χ2v) is 9.50. The Labute approximate surface area is 198 Å². The summed E-state index contributed by atoms with van der Waals surface area (Å²) in [5.74, 6) is -0.0718. The number of morpholine rings is 1. The van der Waals surface area contributed by atoms with E-state index in [1.165, 1.54) is 25.3 Å². The number of carbonyl (C=O) groups is 1. The van der Waals surface area contributed by atoms with Crippen molar-refractivity contribution in [3.05, 3.63) is 40.8 Å². The molecule has 0 bridgehead atoms. The van der Waals surface area contributed by atoms with Crippen molar-refractivity contribution in [3.63, 3.8) is 0 Å². The molecular weight excluding hydrogens is 437 g/mol. The van der Waals surface area contributed by atoms with Gasteiger partial charge in [0.25, 0.3) is 5.91 Å². The molecule has 9 heteroatoms. The summed E-state index contributed by atoms with van der Waals surface area (Å²) in [6.07, 6.45) is 7.73. The van der Waals surface area contributed by atoms with Crippen molar-refractivity contribution in [1.82, 2.24) is 15.1 Å². The van der Waals surface area contributed by atoms with Gasteiger partial charge in [0.05, 0.1) is 30.3 Å². The summed E-state index contributed by atoms with van der Waals surface area (Å²) in [7, 11) is 0. The first kappa shape index (κ1) is 22.8. The van der Waals surface area contributed by atoms with Crippen LogP contribution >= 0.6 is 0 Å². The molecule has 182 valence electrons. The molecule has 1 unspecified atom stereocenters. The quantitative estimate of drug-likeness (QED) is 0.572. The Kier molecular flexibility index (Phi) is 6.54. The van der Waals surface area contributed by atoms with Crippen molar-refractivity contribution in [2.75, 3.05) is 31.2 Å². The van der Waals surface area contributed by atoms with Crippen LogP contribution < -0.4 is 10.6 Å². The highest BCUT2D eigenvalue weighted by atomic mass is 19.1. The number of hydrogen-bond donors (Lipinski definition) is 2. The maximum Gasteiger partial charge on any atom is 0.254 e. The van der Waals surface area contributed by atoms with Crippen molar-refractivity contribution < 1.29 is 18.4 Å². The predicted molar refractivity (Wildman–Crippen MR) is 126 cm³/mol. The third-order valence-electron chi connectivity index (χ3n) is 7.25. The van der Waals surface area contributed by atoms with Crippen LogP contribution in [0.25, 0.3) is 11.0 Å². The molecule has 2 aromatic heterocycles. The van der Waals surface area contributed by atoms with Gasteiger partial charge in [-0.25, -0.2) is 9.37 Å². The fourth-order valence-electron chi connectivity index (χ4n) is 5.51. The second kappa shape index (κ2) is 9.74. The second-order valence-electron chi connectivity index (χ2n) is 9.50. The lowest BCUT2D eigenvalue weighted by Gasteiger charge is -2.28. The number of aromatic amines is 1. The predicted octanol–water partition coefficient (Wildman–Crippen LogP) is 4.43. The Balaban J connectivity index is 1.59. The lowest BCUT2D eigenvalue weighted by atomic mass is 9.79. The number of rotatable bonds is 5. The van der Waals surface area contributed by atoms with Gasteiger partial charge < -0.3 is 24.9 Å². The third-order valence-corrected chi connectivity index (χ3v) is 7.25. The average Bonchev–Trinajstić information content (AvgIpc) is 3.40. The van der Waals surface area contributed by atoms with Gasteiger partial charge in [-0.05, 0) is 37.8 Å². The molecule has 0 spiro atoms. The Hall–Kier alpha value is -2.94. The van der Waals surface area contributed by atoms with Crippen LogP contribution in [-0.2, 0) is 4.74 Å². The van der Waals surface area contributed by atoms with E-state index in [0.29, 0.717) is 47.1 Å². The minimum Gasteiger partial charge on any atom is -0.378 e. The molecule has 1 saturated heterocycles. The first-order chi connectivity index (χ1) is 16.5. The zero-order valence-electron chi connectivity index (χ0n) is 19.6. The fourth-order valence-corrected chi connectivity index (χ4v) is 5.51. The van der Waals surface area contributed by atoms with E-state index in [4.69, 9.17) is 20.0 Å². The van der Waals surface area contributed by atoms with Crippen molar-refractivity contribution >= 4 is 22.6 Å². The van der Waals surface area contributed by atoms with E-state index >= 15 is 4.39 Å².